The number of hydrogen-bond acceptors (Lipinski definition) is 3. The molecule has 0 aliphatic rings. The van der Waals surface area contributed by atoms with Crippen LogP contribution in [0.15, 0.2) is 34.9 Å². The van der Waals surface area contributed by atoms with Gasteiger partial charge in [-0.2, -0.15) is 13.2 Å². The van der Waals surface area contributed by atoms with Crippen molar-refractivity contribution < 1.29 is 17.6 Å². The summed E-state index contributed by atoms with van der Waals surface area (Å²) in [5.41, 5.74) is 5.97. The number of furan rings is 1. The number of hydrogen-bond donors (Lipinski definition) is 1. The summed E-state index contributed by atoms with van der Waals surface area (Å²) in [4.78, 5) is 4.06. The van der Waals surface area contributed by atoms with Crippen LogP contribution >= 0.6 is 0 Å². The Bertz CT molecular complexity index is 823. The first-order chi connectivity index (χ1) is 10.4. The van der Waals surface area contributed by atoms with Gasteiger partial charge in [0.2, 0.25) is 0 Å². The lowest BCUT2D eigenvalue weighted by Gasteiger charge is -2.10. The van der Waals surface area contributed by atoms with Crippen molar-refractivity contribution in [3.05, 3.63) is 53.4 Å². The fraction of sp³-hybridized carbons (Fsp3) is 0.188. The number of pyridine rings is 1. The first kappa shape index (κ1) is 14.6. The van der Waals surface area contributed by atoms with Crippen LogP contribution in [-0.4, -0.2) is 4.98 Å². The molecule has 0 bridgehead atoms. The molecule has 113 valence electrons. The lowest BCUT2D eigenvalue weighted by molar-refractivity contribution is -0.136. The Balaban J connectivity index is 2.35. The van der Waals surface area contributed by atoms with Gasteiger partial charge in [0.25, 0.3) is 0 Å². The summed E-state index contributed by atoms with van der Waals surface area (Å²) in [6.07, 6.45) is -3.11. The monoisotopic (exact) mass is 305 g/mol. The predicted molar refractivity (Wildman–Crippen MR) is 75.9 cm³/mol. The number of aryl methyl sites for hydroxylation is 1. The molecule has 0 saturated heterocycles. The molecule has 0 unspecified atom stereocenters. The van der Waals surface area contributed by atoms with E-state index in [-0.39, 0.29) is 12.1 Å². The van der Waals surface area contributed by atoms with Gasteiger partial charge in [-0.15, -0.1) is 0 Å². The Kier molecular flexibility index (Phi) is 3.41. The van der Waals surface area contributed by atoms with E-state index in [4.69, 9.17) is 10.2 Å². The maximum absolute atomic E-state index is 13.3. The summed E-state index contributed by atoms with van der Waals surface area (Å²) in [6.45, 7) is 1.75. The quantitative estimate of drug-likeness (QED) is 0.776. The highest BCUT2D eigenvalue weighted by Crippen LogP contribution is 2.40. The van der Waals surface area contributed by atoms with E-state index in [1.807, 2.05) is 0 Å². The van der Waals surface area contributed by atoms with Crippen LogP contribution in [0.3, 0.4) is 0 Å². The Labute approximate surface area is 124 Å². The highest BCUT2D eigenvalue weighted by molar-refractivity contribution is 5.89. The van der Waals surface area contributed by atoms with Gasteiger partial charge in [0.1, 0.15) is 11.3 Å². The Morgan fingerprint density at radius 3 is 2.68 bits per heavy atom. The van der Waals surface area contributed by atoms with E-state index in [2.05, 4.69) is 11.1 Å². The Hall–Kier alpha value is -2.34. The lowest BCUT2D eigenvalue weighted by Crippen LogP contribution is -2.05. The number of nitrogens with zero attached hydrogens (tertiary/aromatic N) is 1. The van der Waals surface area contributed by atoms with Gasteiger partial charge in [-0.25, -0.2) is 0 Å². The molecule has 0 aliphatic carbocycles. The zero-order valence-electron chi connectivity index (χ0n) is 11.7. The van der Waals surface area contributed by atoms with Crippen LogP contribution in [0.1, 0.15) is 16.9 Å². The maximum Gasteiger partial charge on any atom is 0.420 e. The molecule has 3 aromatic rings. The minimum absolute atomic E-state index is 0.0473. The summed E-state index contributed by atoms with van der Waals surface area (Å²) in [5.74, 6) is 0.354. The van der Waals surface area contributed by atoms with Crippen LogP contribution in [0.25, 0.3) is 22.2 Å². The SMILES string of the molecule is Cc1c(CN)oc2c(C(F)(F)F)cc(-c3cc[c]cn3)cc12. The summed E-state index contributed by atoms with van der Waals surface area (Å²) in [6, 6.07) is 8.65. The van der Waals surface area contributed by atoms with Gasteiger partial charge < -0.3 is 10.2 Å². The third-order valence-electron chi connectivity index (χ3n) is 3.54. The van der Waals surface area contributed by atoms with Gasteiger partial charge in [0.15, 0.2) is 0 Å². The van der Waals surface area contributed by atoms with Crippen LogP contribution in [0.2, 0.25) is 0 Å². The van der Waals surface area contributed by atoms with Crippen LogP contribution in [0.5, 0.6) is 0 Å². The van der Waals surface area contributed by atoms with E-state index in [9.17, 15) is 13.2 Å². The van der Waals surface area contributed by atoms with Crippen molar-refractivity contribution in [3.63, 3.8) is 0 Å². The molecule has 2 aromatic heterocycles. The van der Waals surface area contributed by atoms with Gasteiger partial charge >= 0.3 is 6.18 Å². The average molecular weight is 305 g/mol. The largest absolute Gasteiger partial charge is 0.459 e. The summed E-state index contributed by atoms with van der Waals surface area (Å²) < 4.78 is 45.3. The van der Waals surface area contributed by atoms with E-state index in [1.165, 1.54) is 6.20 Å². The fourth-order valence-electron chi connectivity index (χ4n) is 2.41. The van der Waals surface area contributed by atoms with Crippen LogP contribution < -0.4 is 5.73 Å². The molecule has 1 aromatic carbocycles. The van der Waals surface area contributed by atoms with E-state index in [1.54, 1.807) is 25.1 Å². The van der Waals surface area contributed by atoms with Crippen molar-refractivity contribution in [1.29, 1.82) is 0 Å². The molecule has 3 nitrogen and oxygen atoms in total. The molecule has 2 N–H and O–H groups in total. The van der Waals surface area contributed by atoms with E-state index >= 15 is 0 Å². The van der Waals surface area contributed by atoms with Crippen LogP contribution in [0.4, 0.5) is 13.2 Å². The predicted octanol–water partition coefficient (Wildman–Crippen LogP) is 4.08. The number of fused-ring (bicyclic) bond motifs is 1. The number of nitrogens with two attached hydrogens (primary N) is 1. The molecule has 0 atom stereocenters. The van der Waals surface area contributed by atoms with E-state index in [0.29, 0.717) is 28.0 Å². The molecule has 6 heteroatoms. The minimum atomic E-state index is -4.52. The molecular formula is C16H12F3N2O. The summed E-state index contributed by atoms with van der Waals surface area (Å²) in [5, 5.41) is 0.403. The van der Waals surface area contributed by atoms with Gasteiger partial charge in [-0.05, 0) is 30.7 Å². The fourth-order valence-corrected chi connectivity index (χ4v) is 2.41. The van der Waals surface area contributed by atoms with Crippen molar-refractivity contribution in [1.82, 2.24) is 4.98 Å². The van der Waals surface area contributed by atoms with E-state index in [0.717, 1.165) is 6.07 Å². The first-order valence-corrected chi connectivity index (χ1v) is 6.57. The Morgan fingerprint density at radius 1 is 1.32 bits per heavy atom. The van der Waals surface area contributed by atoms with E-state index < -0.39 is 11.7 Å². The highest BCUT2D eigenvalue weighted by atomic mass is 19.4. The number of alkyl halides is 3. The molecule has 0 aliphatic heterocycles. The van der Waals surface area contributed by atoms with Crippen molar-refractivity contribution in [2.24, 2.45) is 5.73 Å². The molecule has 22 heavy (non-hydrogen) atoms. The topological polar surface area (TPSA) is 52.0 Å². The third kappa shape index (κ3) is 2.35. The molecule has 3 rings (SSSR count). The summed E-state index contributed by atoms with van der Waals surface area (Å²) >= 11 is 0. The van der Waals surface area contributed by atoms with Gasteiger partial charge in [-0.3, -0.25) is 4.98 Å². The normalized spacial score (nSPS) is 12.0. The second-order valence-corrected chi connectivity index (χ2v) is 4.90. The second kappa shape index (κ2) is 5.14. The standard InChI is InChI=1S/C16H12F3N2O/c1-9-11-6-10(13-4-2-3-5-21-13)7-12(16(17,18)19)15(11)22-14(9)8-20/h2,4-7H,8,20H2,1H3. The smallest absolute Gasteiger partial charge is 0.420 e. The molecular weight excluding hydrogens is 293 g/mol. The molecule has 0 amide bonds. The van der Waals surface area contributed by atoms with Crippen LogP contribution in [-0.2, 0) is 12.7 Å². The number of benzene rings is 1. The first-order valence-electron chi connectivity index (χ1n) is 6.57. The van der Waals surface area contributed by atoms with Gasteiger partial charge in [-0.1, -0.05) is 6.07 Å². The van der Waals surface area contributed by atoms with Gasteiger partial charge in [0, 0.05) is 23.2 Å². The van der Waals surface area contributed by atoms with Gasteiger partial charge in [0.05, 0.1) is 17.8 Å². The molecule has 0 fully saturated rings. The van der Waals surface area contributed by atoms with Crippen molar-refractivity contribution in [2.45, 2.75) is 19.6 Å². The van der Waals surface area contributed by atoms with Crippen molar-refractivity contribution >= 4 is 11.0 Å². The minimum Gasteiger partial charge on any atom is -0.459 e. The molecule has 0 spiro atoms. The van der Waals surface area contributed by atoms with Crippen LogP contribution in [0, 0.1) is 13.0 Å². The molecule has 2 heterocycles. The lowest BCUT2D eigenvalue weighted by atomic mass is 10.0. The summed E-state index contributed by atoms with van der Waals surface area (Å²) in [7, 11) is 0. The van der Waals surface area contributed by atoms with Crippen molar-refractivity contribution in [3.8, 4) is 11.3 Å². The highest BCUT2D eigenvalue weighted by Gasteiger charge is 2.35. The maximum atomic E-state index is 13.3. The Morgan fingerprint density at radius 2 is 2.09 bits per heavy atom. The van der Waals surface area contributed by atoms with Crippen molar-refractivity contribution in [2.75, 3.05) is 0 Å². The molecule has 1 radical (unpaired) electrons. The second-order valence-electron chi connectivity index (χ2n) is 4.90. The number of aromatic nitrogens is 1. The average Bonchev–Trinajstić information content (AvgIpc) is 2.83. The number of halogens is 3. The zero-order chi connectivity index (χ0) is 15.9. The molecule has 0 saturated carbocycles. The number of rotatable bonds is 2. The zero-order valence-corrected chi connectivity index (χ0v) is 11.7. The third-order valence-corrected chi connectivity index (χ3v) is 3.54.